The molecule has 5 aromatic rings. The molecule has 6 rings (SSSR count). The predicted octanol–water partition coefficient (Wildman–Crippen LogP) is 3.72. The molecule has 1 unspecified atom stereocenters. The van der Waals surface area contributed by atoms with Gasteiger partial charge in [0.15, 0.2) is 23.2 Å². The van der Waals surface area contributed by atoms with Crippen molar-refractivity contribution in [1.29, 1.82) is 0 Å². The first kappa shape index (κ1) is 25.1. The molecule has 3 aromatic carbocycles. The smallest absolute Gasteiger partial charge is 0.325 e. The molecule has 38 heavy (non-hydrogen) atoms. The van der Waals surface area contributed by atoms with Crippen LogP contribution in [0.5, 0.6) is 0 Å². The van der Waals surface area contributed by atoms with Crippen LogP contribution in [0.15, 0.2) is 60.9 Å². The number of nitrogens with one attached hydrogen (secondary N) is 1. The van der Waals surface area contributed by atoms with Gasteiger partial charge in [0.25, 0.3) is 0 Å². The summed E-state index contributed by atoms with van der Waals surface area (Å²) in [5, 5.41) is 28.6. The van der Waals surface area contributed by atoms with Gasteiger partial charge < -0.3 is 30.1 Å². The molecule has 3 heterocycles. The number of aromatic nitrogens is 4. The van der Waals surface area contributed by atoms with Crippen LogP contribution in [0.2, 0.25) is 5.28 Å². The number of aliphatic hydroxyl groups is 2. The Morgan fingerprint density at radius 3 is 2.42 bits per heavy atom. The number of hydrogen-bond acceptors (Lipinski definition) is 8. The molecule has 196 valence electrons. The maximum absolute atomic E-state index is 11.3. The number of rotatable bonds is 6. The highest BCUT2D eigenvalue weighted by Gasteiger charge is 2.44. The summed E-state index contributed by atoms with van der Waals surface area (Å²) in [5.41, 5.74) is 1.37. The van der Waals surface area contributed by atoms with E-state index in [9.17, 15) is 14.8 Å². The number of fused-ring (bicyclic) bond motifs is 3. The molecule has 1 aliphatic heterocycles. The van der Waals surface area contributed by atoms with Crippen LogP contribution < -0.4 is 5.32 Å². The number of nitrogens with zero attached hydrogens (tertiary/aromatic N) is 4. The van der Waals surface area contributed by atoms with Crippen molar-refractivity contribution in [2.24, 2.45) is 0 Å². The maximum Gasteiger partial charge on any atom is 0.325 e. The van der Waals surface area contributed by atoms with Gasteiger partial charge in [0, 0.05) is 5.69 Å². The SMILES string of the molecule is O=P(O)(O)CC[C@H]1O[C@@H](n2cnc3c(Nc4ccc5cc6ccccc6cc5c4)nc(Cl)nc32)[C@@H](O)C1O. The lowest BCUT2D eigenvalue weighted by Gasteiger charge is -2.17. The van der Waals surface area contributed by atoms with Gasteiger partial charge in [-0.2, -0.15) is 9.97 Å². The van der Waals surface area contributed by atoms with E-state index < -0.39 is 38.3 Å². The molecule has 1 saturated heterocycles. The average Bonchev–Trinajstić information content (AvgIpc) is 3.41. The number of ether oxygens (including phenoxy) is 1. The number of anilines is 2. The van der Waals surface area contributed by atoms with Crippen molar-refractivity contribution < 1.29 is 29.3 Å². The van der Waals surface area contributed by atoms with E-state index in [2.05, 4.69) is 44.5 Å². The Bertz CT molecular complexity index is 1730. The summed E-state index contributed by atoms with van der Waals surface area (Å²) in [7, 11) is -4.30. The third kappa shape index (κ3) is 4.74. The average molecular weight is 556 g/mol. The Labute approximate surface area is 220 Å². The van der Waals surface area contributed by atoms with E-state index in [1.54, 1.807) is 0 Å². The van der Waals surface area contributed by atoms with Gasteiger partial charge in [0.05, 0.1) is 18.6 Å². The van der Waals surface area contributed by atoms with E-state index in [-0.39, 0.29) is 17.4 Å². The zero-order valence-corrected chi connectivity index (χ0v) is 21.4. The second kappa shape index (κ2) is 9.55. The minimum Gasteiger partial charge on any atom is -0.388 e. The molecule has 11 nitrogen and oxygen atoms in total. The standard InChI is InChI=1S/C25H23ClN5O6P/c26-25-29-22(28-17-6-5-15-9-13-3-1-2-4-14(13)10-16(15)11-17)19-23(30-25)31(12-27-19)24-21(33)20(32)18(37-24)7-8-38(34,35)36/h1-6,9-12,18,20-21,24,32-33H,7-8H2,(H,28,29,30)(H2,34,35,36)/t18-,20?,21+,24-/m1/s1. The van der Waals surface area contributed by atoms with Gasteiger partial charge in [0.2, 0.25) is 5.28 Å². The van der Waals surface area contributed by atoms with E-state index in [4.69, 9.17) is 26.1 Å². The van der Waals surface area contributed by atoms with Crippen LogP contribution >= 0.6 is 19.2 Å². The minimum absolute atomic E-state index is 0.0698. The second-order valence-corrected chi connectivity index (χ2v) is 11.4. The molecule has 5 N–H and O–H groups in total. The summed E-state index contributed by atoms with van der Waals surface area (Å²) in [4.78, 5) is 31.3. The monoisotopic (exact) mass is 555 g/mol. The number of aliphatic hydroxyl groups excluding tert-OH is 2. The largest absolute Gasteiger partial charge is 0.388 e. The molecule has 1 aliphatic rings. The summed E-state index contributed by atoms with van der Waals surface area (Å²) < 4.78 is 18.5. The van der Waals surface area contributed by atoms with Crippen LogP contribution in [0, 0.1) is 0 Å². The van der Waals surface area contributed by atoms with E-state index in [1.165, 1.54) is 10.9 Å². The Morgan fingerprint density at radius 2 is 1.68 bits per heavy atom. The number of hydrogen-bond donors (Lipinski definition) is 5. The van der Waals surface area contributed by atoms with Crippen molar-refractivity contribution >= 4 is 63.4 Å². The van der Waals surface area contributed by atoms with Crippen LogP contribution in [0.25, 0.3) is 32.7 Å². The van der Waals surface area contributed by atoms with Crippen molar-refractivity contribution in [2.75, 3.05) is 11.5 Å². The van der Waals surface area contributed by atoms with E-state index in [1.807, 2.05) is 30.3 Å². The molecule has 13 heteroatoms. The van der Waals surface area contributed by atoms with Gasteiger partial charge in [-0.3, -0.25) is 9.13 Å². The number of halogens is 1. The van der Waals surface area contributed by atoms with Gasteiger partial charge in [-0.15, -0.1) is 0 Å². The van der Waals surface area contributed by atoms with Crippen LogP contribution in [0.3, 0.4) is 0 Å². The van der Waals surface area contributed by atoms with Crippen molar-refractivity contribution in [2.45, 2.75) is 31.0 Å². The molecule has 4 atom stereocenters. The minimum atomic E-state index is -4.30. The number of imidazole rings is 1. The second-order valence-electron chi connectivity index (χ2n) is 9.27. The van der Waals surface area contributed by atoms with Crippen molar-refractivity contribution in [3.05, 3.63) is 66.2 Å². The van der Waals surface area contributed by atoms with Crippen LogP contribution in [-0.4, -0.2) is 64.0 Å². The van der Waals surface area contributed by atoms with Crippen molar-refractivity contribution in [3.8, 4) is 0 Å². The Kier molecular flexibility index (Phi) is 6.32. The molecule has 0 aliphatic carbocycles. The molecule has 2 aromatic heterocycles. The fraction of sp³-hybridized carbons (Fsp3) is 0.240. The van der Waals surface area contributed by atoms with Gasteiger partial charge in [-0.1, -0.05) is 30.3 Å². The topological polar surface area (TPSA) is 163 Å². The molecule has 0 spiro atoms. The first-order valence-electron chi connectivity index (χ1n) is 11.8. The van der Waals surface area contributed by atoms with Gasteiger partial charge >= 0.3 is 7.60 Å². The summed E-state index contributed by atoms with van der Waals surface area (Å²) >= 11 is 6.24. The molecular weight excluding hydrogens is 533 g/mol. The quantitative estimate of drug-likeness (QED) is 0.118. The summed E-state index contributed by atoms with van der Waals surface area (Å²) in [5.74, 6) is 0.338. The summed E-state index contributed by atoms with van der Waals surface area (Å²) in [6.07, 6.45) is -4.04. The third-order valence-electron chi connectivity index (χ3n) is 6.68. The Hall–Kier alpha value is -3.15. The fourth-order valence-electron chi connectivity index (χ4n) is 4.81. The highest BCUT2D eigenvalue weighted by Crippen LogP contribution is 2.40. The highest BCUT2D eigenvalue weighted by atomic mass is 35.5. The van der Waals surface area contributed by atoms with Gasteiger partial charge in [-0.25, -0.2) is 4.98 Å². The molecule has 0 radical (unpaired) electrons. The van der Waals surface area contributed by atoms with Crippen LogP contribution in [-0.2, 0) is 9.30 Å². The predicted molar refractivity (Wildman–Crippen MR) is 143 cm³/mol. The van der Waals surface area contributed by atoms with E-state index >= 15 is 0 Å². The highest BCUT2D eigenvalue weighted by molar-refractivity contribution is 7.51. The molecule has 0 saturated carbocycles. The van der Waals surface area contributed by atoms with Crippen LogP contribution in [0.1, 0.15) is 12.6 Å². The zero-order valence-electron chi connectivity index (χ0n) is 19.7. The fourth-order valence-corrected chi connectivity index (χ4v) is 5.57. The van der Waals surface area contributed by atoms with E-state index in [0.29, 0.717) is 11.3 Å². The zero-order chi connectivity index (χ0) is 26.6. The lowest BCUT2D eigenvalue weighted by atomic mass is 10.0. The van der Waals surface area contributed by atoms with Crippen molar-refractivity contribution in [1.82, 2.24) is 19.5 Å². The molecule has 0 bridgehead atoms. The number of benzene rings is 3. The van der Waals surface area contributed by atoms with E-state index in [0.717, 1.165) is 27.2 Å². The lowest BCUT2D eigenvalue weighted by molar-refractivity contribution is -0.0355. The third-order valence-corrected chi connectivity index (χ3v) is 7.69. The molecular formula is C25H23ClN5O6P. The lowest BCUT2D eigenvalue weighted by Crippen LogP contribution is -2.31. The maximum atomic E-state index is 11.3. The van der Waals surface area contributed by atoms with Gasteiger partial charge in [0.1, 0.15) is 12.2 Å². The Balaban J connectivity index is 1.32. The summed E-state index contributed by atoms with van der Waals surface area (Å²) in [6, 6.07) is 18.3. The molecule has 0 amide bonds. The van der Waals surface area contributed by atoms with Crippen LogP contribution in [0.4, 0.5) is 11.5 Å². The summed E-state index contributed by atoms with van der Waals surface area (Å²) in [6.45, 7) is 0. The normalized spacial score (nSPS) is 22.0. The van der Waals surface area contributed by atoms with Gasteiger partial charge in [-0.05, 0) is 63.8 Å². The molecule has 1 fully saturated rings. The first-order valence-corrected chi connectivity index (χ1v) is 14.0. The first-order chi connectivity index (χ1) is 18.2. The Morgan fingerprint density at radius 1 is 0.974 bits per heavy atom. The van der Waals surface area contributed by atoms with Crippen molar-refractivity contribution in [3.63, 3.8) is 0 Å².